The number of hydrogen-bond donors (Lipinski definition) is 2. The van der Waals surface area contributed by atoms with Crippen LogP contribution in [-0.4, -0.2) is 22.2 Å². The van der Waals surface area contributed by atoms with E-state index in [0.29, 0.717) is 11.1 Å². The molecule has 0 spiro atoms. The van der Waals surface area contributed by atoms with Crippen molar-refractivity contribution in [2.75, 3.05) is 0 Å². The SMILES string of the molecule is O=C1N[C@@H](c2cncc(C#Cc3ccccc3)c2)[C@H](c2ccc(F)cc2)O1.O=C1N[C@H](c2cncc(C#Cc3ccccc3)c2)[C@@H](c2ccc(F)cc2)O1. The molecule has 2 aliphatic rings. The predicted molar refractivity (Wildman–Crippen MR) is 196 cm³/mol. The van der Waals surface area contributed by atoms with Crippen molar-refractivity contribution in [2.45, 2.75) is 24.3 Å². The van der Waals surface area contributed by atoms with Crippen molar-refractivity contribution in [3.05, 3.63) is 202 Å². The number of ether oxygens (including phenoxy) is 2. The van der Waals surface area contributed by atoms with E-state index < -0.39 is 36.5 Å². The Balaban J connectivity index is 0.000000167. The van der Waals surface area contributed by atoms with Gasteiger partial charge in [0.2, 0.25) is 0 Å². The molecular formula is C44H30F2N4O4. The summed E-state index contributed by atoms with van der Waals surface area (Å²) in [5.74, 6) is 11.7. The molecule has 54 heavy (non-hydrogen) atoms. The van der Waals surface area contributed by atoms with Gasteiger partial charge in [-0.2, -0.15) is 0 Å². The van der Waals surface area contributed by atoms with Crippen LogP contribution < -0.4 is 10.6 Å². The van der Waals surface area contributed by atoms with Crippen LogP contribution in [0.1, 0.15) is 68.8 Å². The first-order valence-electron chi connectivity index (χ1n) is 16.9. The van der Waals surface area contributed by atoms with Crippen LogP contribution in [-0.2, 0) is 9.47 Å². The van der Waals surface area contributed by atoms with Gasteiger partial charge in [-0.3, -0.25) is 9.97 Å². The number of rotatable bonds is 4. The van der Waals surface area contributed by atoms with E-state index in [2.05, 4.69) is 44.3 Å². The zero-order valence-corrected chi connectivity index (χ0v) is 28.4. The molecule has 0 bridgehead atoms. The Kier molecular flexibility index (Phi) is 10.6. The van der Waals surface area contributed by atoms with Gasteiger partial charge in [-0.1, -0.05) is 84.3 Å². The summed E-state index contributed by atoms with van der Waals surface area (Å²) in [6, 6.07) is 34.0. The Morgan fingerprint density at radius 2 is 0.833 bits per heavy atom. The third-order valence-electron chi connectivity index (χ3n) is 8.50. The summed E-state index contributed by atoms with van der Waals surface area (Å²) in [5, 5.41) is 5.58. The highest BCUT2D eigenvalue weighted by Crippen LogP contribution is 2.38. The molecule has 2 saturated heterocycles. The normalized spacial score (nSPS) is 18.2. The van der Waals surface area contributed by atoms with Crippen LogP contribution in [0.2, 0.25) is 0 Å². The van der Waals surface area contributed by atoms with Crippen molar-refractivity contribution in [2.24, 2.45) is 0 Å². The van der Waals surface area contributed by atoms with Gasteiger partial charge in [0.25, 0.3) is 0 Å². The highest BCUT2D eigenvalue weighted by Gasteiger charge is 2.37. The van der Waals surface area contributed by atoms with Crippen LogP contribution >= 0.6 is 0 Å². The van der Waals surface area contributed by atoms with Gasteiger partial charge in [-0.15, -0.1) is 0 Å². The monoisotopic (exact) mass is 716 g/mol. The van der Waals surface area contributed by atoms with E-state index in [0.717, 1.165) is 33.4 Å². The van der Waals surface area contributed by atoms with E-state index >= 15 is 0 Å². The zero-order valence-electron chi connectivity index (χ0n) is 28.4. The fraction of sp³-hybridized carbons (Fsp3) is 0.0909. The number of nitrogens with zero attached hydrogens (tertiary/aromatic N) is 2. The third kappa shape index (κ3) is 8.76. The Hall–Kier alpha value is -7.30. The van der Waals surface area contributed by atoms with Crippen LogP contribution in [0, 0.1) is 35.3 Å². The molecule has 0 unspecified atom stereocenters. The minimum absolute atomic E-state index is 0.340. The van der Waals surface area contributed by atoms with Gasteiger partial charge >= 0.3 is 12.2 Å². The van der Waals surface area contributed by atoms with Crippen LogP contribution in [0.3, 0.4) is 0 Å². The standard InChI is InChI=1S/2C22H15FN2O2/c2*23-19-10-8-17(9-11-19)21-20(25-22(26)27-21)18-12-16(13-24-14-18)7-6-15-4-2-1-3-5-15/h2*1-5,8-14,20-21H,(H,25,26)/t2*20-,21-/m10/s1. The number of alkyl carbamates (subject to hydrolysis) is 2. The first-order chi connectivity index (χ1) is 26.4. The average Bonchev–Trinajstić information content (AvgIpc) is 3.80. The van der Waals surface area contributed by atoms with Crippen LogP contribution in [0.5, 0.6) is 0 Å². The number of carbonyl (C=O) groups excluding carboxylic acids is 2. The molecule has 0 saturated carbocycles. The molecule has 2 amide bonds. The highest BCUT2D eigenvalue weighted by molar-refractivity contribution is 5.72. The maximum absolute atomic E-state index is 13.2. The summed E-state index contributed by atoms with van der Waals surface area (Å²) in [6.07, 6.45) is 4.53. The molecule has 2 aromatic heterocycles. The number of benzene rings is 4. The Morgan fingerprint density at radius 1 is 0.463 bits per heavy atom. The second-order valence-corrected chi connectivity index (χ2v) is 12.2. The molecule has 0 radical (unpaired) electrons. The van der Waals surface area contributed by atoms with Gasteiger partial charge < -0.3 is 20.1 Å². The third-order valence-corrected chi connectivity index (χ3v) is 8.50. The number of halogens is 2. The molecule has 0 aliphatic carbocycles. The molecule has 2 aliphatic heterocycles. The van der Waals surface area contributed by atoms with E-state index in [1.807, 2.05) is 72.8 Å². The molecule has 8 rings (SSSR count). The second-order valence-electron chi connectivity index (χ2n) is 12.2. The zero-order chi connectivity index (χ0) is 37.3. The summed E-state index contributed by atoms with van der Waals surface area (Å²) in [4.78, 5) is 32.1. The minimum atomic E-state index is -0.558. The fourth-order valence-corrected chi connectivity index (χ4v) is 5.91. The fourth-order valence-electron chi connectivity index (χ4n) is 5.91. The predicted octanol–water partition coefficient (Wildman–Crippen LogP) is 8.29. The first kappa shape index (κ1) is 35.1. The lowest BCUT2D eigenvalue weighted by molar-refractivity contribution is 0.131. The summed E-state index contributed by atoms with van der Waals surface area (Å²) in [7, 11) is 0. The number of aromatic nitrogens is 2. The lowest BCUT2D eigenvalue weighted by atomic mass is 9.97. The summed E-state index contributed by atoms with van der Waals surface area (Å²) in [5.41, 5.74) is 6.24. The number of nitrogens with one attached hydrogen (secondary N) is 2. The molecule has 6 aromatic rings. The Bertz CT molecular complexity index is 2220. The van der Waals surface area contributed by atoms with Gasteiger partial charge in [0.1, 0.15) is 23.7 Å². The number of hydrogen-bond acceptors (Lipinski definition) is 6. The molecule has 2 fully saturated rings. The second kappa shape index (κ2) is 16.4. The van der Waals surface area contributed by atoms with Gasteiger partial charge in [-0.25, -0.2) is 18.4 Å². The maximum atomic E-state index is 13.2. The van der Waals surface area contributed by atoms with Crippen molar-refractivity contribution in [3.63, 3.8) is 0 Å². The topological polar surface area (TPSA) is 102 Å². The van der Waals surface area contributed by atoms with E-state index in [9.17, 15) is 18.4 Å². The number of amides is 2. The number of carbonyl (C=O) groups is 2. The van der Waals surface area contributed by atoms with Crippen LogP contribution in [0.25, 0.3) is 0 Å². The van der Waals surface area contributed by atoms with Crippen molar-refractivity contribution in [3.8, 4) is 23.7 Å². The van der Waals surface area contributed by atoms with E-state index in [-0.39, 0.29) is 11.6 Å². The van der Waals surface area contributed by atoms with Gasteiger partial charge in [-0.05, 0) is 82.9 Å². The quantitative estimate of drug-likeness (QED) is 0.178. The van der Waals surface area contributed by atoms with Crippen LogP contribution in [0.15, 0.2) is 146 Å². The molecule has 4 aromatic carbocycles. The first-order valence-corrected chi connectivity index (χ1v) is 16.9. The molecule has 8 nitrogen and oxygen atoms in total. The molecular weight excluding hydrogens is 687 g/mol. The minimum Gasteiger partial charge on any atom is -0.439 e. The average molecular weight is 717 g/mol. The van der Waals surface area contributed by atoms with Crippen LogP contribution in [0.4, 0.5) is 18.4 Å². The van der Waals surface area contributed by atoms with E-state index in [1.54, 1.807) is 49.1 Å². The Labute approximate surface area is 310 Å². The maximum Gasteiger partial charge on any atom is 0.408 e. The lowest BCUT2D eigenvalue weighted by Gasteiger charge is -2.17. The highest BCUT2D eigenvalue weighted by atomic mass is 19.1. The van der Waals surface area contributed by atoms with Crippen molar-refractivity contribution in [1.82, 2.24) is 20.6 Å². The van der Waals surface area contributed by atoms with E-state index in [4.69, 9.17) is 9.47 Å². The molecule has 4 heterocycles. The van der Waals surface area contributed by atoms with Crippen molar-refractivity contribution in [1.29, 1.82) is 0 Å². The summed E-state index contributed by atoms with van der Waals surface area (Å²) < 4.78 is 37.2. The number of pyridine rings is 2. The molecule has 2 N–H and O–H groups in total. The smallest absolute Gasteiger partial charge is 0.408 e. The summed E-state index contributed by atoms with van der Waals surface area (Å²) in [6.45, 7) is 0. The largest absolute Gasteiger partial charge is 0.439 e. The van der Waals surface area contributed by atoms with Gasteiger partial charge in [0.05, 0.1) is 0 Å². The number of cyclic esters (lactones) is 2. The van der Waals surface area contributed by atoms with Gasteiger partial charge in [0.15, 0.2) is 12.2 Å². The van der Waals surface area contributed by atoms with Crippen molar-refractivity contribution >= 4 is 12.2 Å². The molecule has 4 atom stereocenters. The molecule has 10 heteroatoms. The van der Waals surface area contributed by atoms with E-state index in [1.165, 1.54) is 24.3 Å². The summed E-state index contributed by atoms with van der Waals surface area (Å²) >= 11 is 0. The Morgan fingerprint density at radius 3 is 1.22 bits per heavy atom. The molecule has 264 valence electrons. The van der Waals surface area contributed by atoms with Gasteiger partial charge in [0, 0.05) is 47.0 Å². The lowest BCUT2D eigenvalue weighted by Crippen LogP contribution is -2.19. The van der Waals surface area contributed by atoms with Crippen molar-refractivity contribution < 1.29 is 27.8 Å².